The van der Waals surface area contributed by atoms with E-state index in [0.717, 1.165) is 25.8 Å². The molecule has 2 N–H and O–H groups in total. The predicted octanol–water partition coefficient (Wildman–Crippen LogP) is 3.13. The number of nitrogens with zero attached hydrogens (tertiary/aromatic N) is 2. The molecule has 1 unspecified atom stereocenters. The van der Waals surface area contributed by atoms with Crippen molar-refractivity contribution in [2.75, 3.05) is 6.54 Å². The fourth-order valence-electron chi connectivity index (χ4n) is 2.81. The third-order valence-electron chi connectivity index (χ3n) is 4.18. The van der Waals surface area contributed by atoms with Crippen LogP contribution in [0.5, 0.6) is 0 Å². The largest absolute Gasteiger partial charge is 0.330 e. The molecule has 0 spiro atoms. The molecule has 21 heavy (non-hydrogen) atoms. The van der Waals surface area contributed by atoms with Crippen LogP contribution in [0.3, 0.4) is 0 Å². The van der Waals surface area contributed by atoms with Crippen LogP contribution in [0.15, 0.2) is 30.3 Å². The Morgan fingerprint density at radius 3 is 2.57 bits per heavy atom. The lowest BCUT2D eigenvalue weighted by Crippen LogP contribution is -2.21. The first kappa shape index (κ1) is 15.8. The summed E-state index contributed by atoms with van der Waals surface area (Å²) >= 11 is 0. The van der Waals surface area contributed by atoms with Crippen molar-refractivity contribution < 1.29 is 0 Å². The zero-order chi connectivity index (χ0) is 15.2. The molecule has 1 atom stereocenters. The second-order valence-corrected chi connectivity index (χ2v) is 5.73. The summed E-state index contributed by atoms with van der Waals surface area (Å²) in [7, 11) is 0. The van der Waals surface area contributed by atoms with Gasteiger partial charge >= 0.3 is 0 Å². The van der Waals surface area contributed by atoms with Gasteiger partial charge in [0.25, 0.3) is 0 Å². The Bertz CT molecular complexity index is 572. The first-order chi connectivity index (χ1) is 10.2. The van der Waals surface area contributed by atoms with Crippen molar-refractivity contribution in [1.82, 2.24) is 9.78 Å². The molecule has 0 aliphatic rings. The van der Waals surface area contributed by atoms with Crippen molar-refractivity contribution in [3.63, 3.8) is 0 Å². The highest BCUT2D eigenvalue weighted by Crippen LogP contribution is 2.18. The number of aryl methyl sites for hydroxylation is 3. The molecule has 2 rings (SSSR count). The fraction of sp³-hybridized carbons (Fsp3) is 0.500. The van der Waals surface area contributed by atoms with Gasteiger partial charge < -0.3 is 5.73 Å². The highest BCUT2D eigenvalue weighted by atomic mass is 15.3. The molecule has 2 aromatic rings. The monoisotopic (exact) mass is 285 g/mol. The molecular weight excluding hydrogens is 258 g/mol. The Hall–Kier alpha value is -1.61. The van der Waals surface area contributed by atoms with Crippen LogP contribution >= 0.6 is 0 Å². The van der Waals surface area contributed by atoms with Crippen LogP contribution in [0, 0.1) is 12.8 Å². The van der Waals surface area contributed by atoms with Crippen LogP contribution in [0.4, 0.5) is 0 Å². The van der Waals surface area contributed by atoms with Gasteiger partial charge in [-0.1, -0.05) is 31.2 Å². The predicted molar refractivity (Wildman–Crippen MR) is 88.4 cm³/mol. The topological polar surface area (TPSA) is 43.8 Å². The van der Waals surface area contributed by atoms with E-state index in [-0.39, 0.29) is 0 Å². The van der Waals surface area contributed by atoms with Crippen molar-refractivity contribution in [2.24, 2.45) is 11.7 Å². The lowest BCUT2D eigenvalue weighted by molar-refractivity contribution is 0.498. The lowest BCUT2D eigenvalue weighted by Gasteiger charge is -2.16. The van der Waals surface area contributed by atoms with E-state index < -0.39 is 0 Å². The Kier molecular flexibility index (Phi) is 5.57. The van der Waals surface area contributed by atoms with E-state index in [1.54, 1.807) is 0 Å². The van der Waals surface area contributed by atoms with E-state index in [4.69, 9.17) is 5.73 Å². The van der Waals surface area contributed by atoms with Crippen LogP contribution in [0.1, 0.15) is 36.4 Å². The molecule has 0 aliphatic heterocycles. The Morgan fingerprint density at radius 1 is 1.19 bits per heavy atom. The summed E-state index contributed by atoms with van der Waals surface area (Å²) in [4.78, 5) is 0. The zero-order valence-electron chi connectivity index (χ0n) is 13.5. The van der Waals surface area contributed by atoms with E-state index in [2.05, 4.69) is 60.9 Å². The Morgan fingerprint density at radius 2 is 1.95 bits per heavy atom. The quantitative estimate of drug-likeness (QED) is 0.849. The number of aromatic nitrogens is 2. The van der Waals surface area contributed by atoms with Crippen molar-refractivity contribution in [2.45, 2.75) is 46.6 Å². The lowest BCUT2D eigenvalue weighted by atomic mass is 9.92. The summed E-state index contributed by atoms with van der Waals surface area (Å²) in [5.74, 6) is 0.470. The SMILES string of the molecule is CCc1cc(CC(CN)Cc2ccccc2C)n(CC)n1. The van der Waals surface area contributed by atoms with Gasteiger partial charge in [0.2, 0.25) is 0 Å². The maximum atomic E-state index is 6.02. The first-order valence-corrected chi connectivity index (χ1v) is 7.98. The van der Waals surface area contributed by atoms with Crippen molar-refractivity contribution in [1.29, 1.82) is 0 Å². The van der Waals surface area contributed by atoms with Crippen molar-refractivity contribution in [3.8, 4) is 0 Å². The minimum Gasteiger partial charge on any atom is -0.330 e. The average molecular weight is 285 g/mol. The maximum absolute atomic E-state index is 6.02. The summed E-state index contributed by atoms with van der Waals surface area (Å²) in [5, 5.41) is 4.63. The van der Waals surface area contributed by atoms with Gasteiger partial charge in [-0.3, -0.25) is 4.68 Å². The highest BCUT2D eigenvalue weighted by molar-refractivity contribution is 5.26. The van der Waals surface area contributed by atoms with Crippen LogP contribution in [-0.2, 0) is 25.8 Å². The average Bonchev–Trinajstić information content (AvgIpc) is 2.90. The van der Waals surface area contributed by atoms with Gasteiger partial charge in [-0.25, -0.2) is 0 Å². The standard InChI is InChI=1S/C18H27N3/c1-4-17-12-18(21(5-2)20-17)11-15(13-19)10-16-9-7-6-8-14(16)3/h6-9,12,15H,4-5,10-11,13,19H2,1-3H3. The Balaban J connectivity index is 2.12. The normalized spacial score (nSPS) is 12.6. The maximum Gasteiger partial charge on any atom is 0.0624 e. The summed E-state index contributed by atoms with van der Waals surface area (Å²) in [6.07, 6.45) is 3.04. The summed E-state index contributed by atoms with van der Waals surface area (Å²) in [5.41, 5.74) is 11.3. The Labute approximate surface area is 128 Å². The van der Waals surface area contributed by atoms with Crippen LogP contribution in [0.2, 0.25) is 0 Å². The molecule has 3 heteroatoms. The van der Waals surface area contributed by atoms with E-state index in [1.807, 2.05) is 0 Å². The van der Waals surface area contributed by atoms with E-state index in [1.165, 1.54) is 22.5 Å². The van der Waals surface area contributed by atoms with Crippen molar-refractivity contribution in [3.05, 3.63) is 52.8 Å². The minimum atomic E-state index is 0.470. The second-order valence-electron chi connectivity index (χ2n) is 5.73. The molecule has 1 aromatic carbocycles. The molecule has 1 aromatic heterocycles. The third-order valence-corrected chi connectivity index (χ3v) is 4.18. The van der Waals surface area contributed by atoms with Gasteiger partial charge in [0.1, 0.15) is 0 Å². The molecule has 3 nitrogen and oxygen atoms in total. The summed E-state index contributed by atoms with van der Waals surface area (Å²) < 4.78 is 2.12. The molecule has 0 aliphatic carbocycles. The van der Waals surface area contributed by atoms with Gasteiger partial charge in [-0.05, 0) is 62.8 Å². The smallest absolute Gasteiger partial charge is 0.0624 e. The molecular formula is C18H27N3. The van der Waals surface area contributed by atoms with E-state index in [0.29, 0.717) is 12.5 Å². The van der Waals surface area contributed by atoms with E-state index >= 15 is 0 Å². The molecule has 0 radical (unpaired) electrons. The molecule has 0 bridgehead atoms. The first-order valence-electron chi connectivity index (χ1n) is 7.98. The number of hydrogen-bond donors (Lipinski definition) is 1. The summed E-state index contributed by atoms with van der Waals surface area (Å²) in [6, 6.07) is 10.8. The van der Waals surface area contributed by atoms with Gasteiger partial charge in [-0.2, -0.15) is 5.10 Å². The number of nitrogens with two attached hydrogens (primary N) is 1. The van der Waals surface area contributed by atoms with Crippen molar-refractivity contribution >= 4 is 0 Å². The van der Waals surface area contributed by atoms with Crippen LogP contribution < -0.4 is 5.73 Å². The van der Waals surface area contributed by atoms with E-state index in [9.17, 15) is 0 Å². The molecule has 114 valence electrons. The van der Waals surface area contributed by atoms with Gasteiger partial charge in [-0.15, -0.1) is 0 Å². The fourth-order valence-corrected chi connectivity index (χ4v) is 2.81. The van der Waals surface area contributed by atoms with Crippen LogP contribution in [0.25, 0.3) is 0 Å². The molecule has 0 amide bonds. The van der Waals surface area contributed by atoms with Gasteiger partial charge in [0.05, 0.1) is 5.69 Å². The number of rotatable bonds is 7. The third kappa shape index (κ3) is 3.94. The number of hydrogen-bond acceptors (Lipinski definition) is 2. The zero-order valence-corrected chi connectivity index (χ0v) is 13.5. The highest BCUT2D eigenvalue weighted by Gasteiger charge is 2.14. The minimum absolute atomic E-state index is 0.470. The molecule has 1 heterocycles. The second kappa shape index (κ2) is 7.41. The van der Waals surface area contributed by atoms with Gasteiger partial charge in [0.15, 0.2) is 0 Å². The molecule has 0 saturated carbocycles. The molecule has 0 saturated heterocycles. The van der Waals surface area contributed by atoms with Crippen LogP contribution in [-0.4, -0.2) is 16.3 Å². The summed E-state index contributed by atoms with van der Waals surface area (Å²) in [6.45, 7) is 8.12. The number of benzene rings is 1. The van der Waals surface area contributed by atoms with Gasteiger partial charge in [0, 0.05) is 12.2 Å². The molecule has 0 fully saturated rings.